The minimum atomic E-state index is -0.409. The molecule has 1 aromatic carbocycles. The van der Waals surface area contributed by atoms with Crippen LogP contribution in [0.25, 0.3) is 10.9 Å². The van der Waals surface area contributed by atoms with Crippen molar-refractivity contribution < 1.29 is 13.9 Å². The topological polar surface area (TPSA) is 79.4 Å². The van der Waals surface area contributed by atoms with Gasteiger partial charge in [-0.15, -0.1) is 0 Å². The summed E-state index contributed by atoms with van der Waals surface area (Å²) in [6.45, 7) is 8.72. The Hall–Kier alpha value is -3.26. The van der Waals surface area contributed by atoms with Crippen LogP contribution in [-0.2, 0) is 0 Å². The maximum absolute atomic E-state index is 14.1. The van der Waals surface area contributed by atoms with Crippen molar-refractivity contribution in [1.29, 1.82) is 0 Å². The molecule has 1 aliphatic heterocycles. The molecule has 0 unspecified atom stereocenters. The number of hydrogen-bond donors (Lipinski definition) is 2. The van der Waals surface area contributed by atoms with E-state index < -0.39 is 5.82 Å². The second-order valence-electron chi connectivity index (χ2n) is 11.1. The maximum Gasteiger partial charge on any atom is 0.255 e. The number of ether oxygens (including phenoxy) is 1. The fraction of sp³-hybridized carbons (Fsp3) is 0.500. The van der Waals surface area contributed by atoms with E-state index in [2.05, 4.69) is 21.6 Å². The number of nitrogens with one attached hydrogen (secondary N) is 2. The first-order valence-corrected chi connectivity index (χ1v) is 13.9. The number of carbonyl (C=O) groups excluding carboxylic acids is 1. The summed E-state index contributed by atoms with van der Waals surface area (Å²) in [5.74, 6) is 0.0514. The predicted molar refractivity (Wildman–Crippen MR) is 146 cm³/mol. The van der Waals surface area contributed by atoms with Crippen LogP contribution in [0, 0.1) is 12.7 Å². The molecule has 0 bridgehead atoms. The van der Waals surface area contributed by atoms with Gasteiger partial charge < -0.3 is 20.3 Å². The van der Waals surface area contributed by atoms with Gasteiger partial charge in [0, 0.05) is 48.4 Å². The molecule has 1 spiro atoms. The van der Waals surface area contributed by atoms with Crippen molar-refractivity contribution in [3.05, 3.63) is 58.8 Å². The molecule has 1 atom stereocenters. The summed E-state index contributed by atoms with van der Waals surface area (Å²) in [6, 6.07) is 6.49. The van der Waals surface area contributed by atoms with Gasteiger partial charge in [0.1, 0.15) is 0 Å². The van der Waals surface area contributed by atoms with Gasteiger partial charge in [-0.3, -0.25) is 14.8 Å². The zero-order chi connectivity index (χ0) is 26.4. The van der Waals surface area contributed by atoms with Gasteiger partial charge in [-0.25, -0.2) is 4.39 Å². The van der Waals surface area contributed by atoms with Crippen molar-refractivity contribution in [2.45, 2.75) is 70.4 Å². The van der Waals surface area contributed by atoms with E-state index in [4.69, 9.17) is 14.7 Å². The Kier molecular flexibility index (Phi) is 6.46. The molecule has 0 radical (unpaired) electrons. The number of benzene rings is 1. The Morgan fingerprint density at radius 3 is 2.82 bits per heavy atom. The number of hydrogen-bond acceptors (Lipinski definition) is 6. The molecule has 3 aromatic rings. The van der Waals surface area contributed by atoms with Gasteiger partial charge in [0.15, 0.2) is 11.6 Å². The third-order valence-corrected chi connectivity index (χ3v) is 8.20. The number of rotatable bonds is 7. The Morgan fingerprint density at radius 1 is 1.26 bits per heavy atom. The molecule has 1 amide bonds. The lowest BCUT2D eigenvalue weighted by Gasteiger charge is -2.27. The van der Waals surface area contributed by atoms with Crippen LogP contribution < -0.4 is 20.3 Å². The van der Waals surface area contributed by atoms with Gasteiger partial charge in [-0.1, -0.05) is 6.07 Å². The number of halogens is 1. The van der Waals surface area contributed by atoms with Gasteiger partial charge in [0.05, 0.1) is 35.1 Å². The number of amides is 1. The Balaban J connectivity index is 1.38. The molecular weight excluding hydrogens is 481 g/mol. The fourth-order valence-electron chi connectivity index (χ4n) is 5.71. The zero-order valence-corrected chi connectivity index (χ0v) is 22.4. The molecule has 1 saturated heterocycles. The zero-order valence-electron chi connectivity index (χ0n) is 22.4. The van der Waals surface area contributed by atoms with Gasteiger partial charge in [0.25, 0.3) is 5.91 Å². The number of fused-ring (bicyclic) bond motifs is 1. The molecular formula is C30H36FN5O2. The van der Waals surface area contributed by atoms with Crippen LogP contribution >= 0.6 is 0 Å². The van der Waals surface area contributed by atoms with Gasteiger partial charge >= 0.3 is 0 Å². The van der Waals surface area contributed by atoms with Gasteiger partial charge in [0.2, 0.25) is 0 Å². The summed E-state index contributed by atoms with van der Waals surface area (Å²) < 4.78 is 19.6. The largest absolute Gasteiger partial charge is 0.491 e. The first-order chi connectivity index (χ1) is 18.4. The SMILES string of the molecule is CCOc1cc([C@H](C)NC(=O)c2cnc3c(C4CC4)nc(C)cc3c2N2CCNC3(CC2)CC3)ccc1F. The van der Waals surface area contributed by atoms with Crippen LogP contribution in [0.2, 0.25) is 0 Å². The average Bonchev–Trinajstić information content (AvgIpc) is 3.82. The molecule has 3 fully saturated rings. The highest BCUT2D eigenvalue weighted by molar-refractivity contribution is 6.08. The first kappa shape index (κ1) is 25.0. The van der Waals surface area contributed by atoms with E-state index in [9.17, 15) is 9.18 Å². The number of nitrogens with zero attached hydrogens (tertiary/aromatic N) is 3. The number of carbonyl (C=O) groups is 1. The molecule has 2 aromatic heterocycles. The number of pyridine rings is 2. The van der Waals surface area contributed by atoms with Crippen LogP contribution in [0.4, 0.5) is 10.1 Å². The highest BCUT2D eigenvalue weighted by atomic mass is 19.1. The van der Waals surface area contributed by atoms with Crippen LogP contribution in [-0.4, -0.2) is 47.7 Å². The molecule has 2 aliphatic carbocycles. The van der Waals surface area contributed by atoms with E-state index in [1.807, 2.05) is 20.8 Å². The molecule has 3 aliphatic rings. The van der Waals surface area contributed by atoms with Crippen LogP contribution in [0.3, 0.4) is 0 Å². The Morgan fingerprint density at radius 2 is 2.08 bits per heavy atom. The van der Waals surface area contributed by atoms with Crippen molar-refractivity contribution in [2.24, 2.45) is 0 Å². The fourth-order valence-corrected chi connectivity index (χ4v) is 5.71. The van der Waals surface area contributed by atoms with Gasteiger partial charge in [-0.2, -0.15) is 0 Å². The normalized spacial score (nSPS) is 19.3. The van der Waals surface area contributed by atoms with Crippen LogP contribution in [0.15, 0.2) is 30.5 Å². The van der Waals surface area contributed by atoms with Gasteiger partial charge in [-0.05, 0) is 76.6 Å². The van der Waals surface area contributed by atoms with E-state index in [-0.39, 0.29) is 23.2 Å². The summed E-state index contributed by atoms with van der Waals surface area (Å²) in [5.41, 5.74) is 5.49. The van der Waals surface area contributed by atoms with Crippen molar-refractivity contribution in [3.8, 4) is 5.75 Å². The van der Waals surface area contributed by atoms with E-state index in [1.165, 1.54) is 18.9 Å². The summed E-state index contributed by atoms with van der Waals surface area (Å²) in [4.78, 5) is 25.9. The van der Waals surface area contributed by atoms with Crippen LogP contribution in [0.1, 0.15) is 85.2 Å². The second kappa shape index (κ2) is 9.80. The summed E-state index contributed by atoms with van der Waals surface area (Å²) in [5, 5.41) is 7.89. The van der Waals surface area contributed by atoms with E-state index >= 15 is 0 Å². The standard InChI is InChI=1S/C30H36FN5O2/c1-4-38-25-16-21(7-8-24(25)31)19(3)35-29(37)23-17-32-27-22(15-18(2)34-26(27)20-5-6-20)28(23)36-13-11-30(9-10-30)33-12-14-36/h7-8,15-17,19-20,33H,4-6,9-14H2,1-3H3,(H,35,37)/t19-/m0/s1. The minimum Gasteiger partial charge on any atom is -0.491 e. The van der Waals surface area contributed by atoms with Crippen molar-refractivity contribution >= 4 is 22.5 Å². The van der Waals surface area contributed by atoms with E-state index in [1.54, 1.807) is 18.3 Å². The molecule has 38 heavy (non-hydrogen) atoms. The molecule has 7 nitrogen and oxygen atoms in total. The van der Waals surface area contributed by atoms with E-state index in [0.29, 0.717) is 18.1 Å². The van der Waals surface area contributed by atoms with Crippen molar-refractivity contribution in [1.82, 2.24) is 20.6 Å². The third kappa shape index (κ3) is 4.82. The van der Waals surface area contributed by atoms with Crippen LogP contribution in [0.5, 0.6) is 5.75 Å². The molecule has 200 valence electrons. The summed E-state index contributed by atoms with van der Waals surface area (Å²) in [6.07, 6.45) is 7.51. The lowest BCUT2D eigenvalue weighted by Crippen LogP contribution is -2.33. The van der Waals surface area contributed by atoms with Crippen molar-refractivity contribution in [2.75, 3.05) is 31.1 Å². The number of aromatic nitrogens is 2. The second-order valence-corrected chi connectivity index (χ2v) is 11.1. The monoisotopic (exact) mass is 517 g/mol. The Labute approximate surface area is 223 Å². The van der Waals surface area contributed by atoms with E-state index in [0.717, 1.165) is 72.4 Å². The lowest BCUT2D eigenvalue weighted by atomic mass is 10.0. The Bertz CT molecular complexity index is 1380. The maximum atomic E-state index is 14.1. The first-order valence-electron chi connectivity index (χ1n) is 13.9. The smallest absolute Gasteiger partial charge is 0.255 e. The quantitative estimate of drug-likeness (QED) is 0.450. The number of aryl methyl sites for hydroxylation is 1. The number of anilines is 1. The molecule has 8 heteroatoms. The highest BCUT2D eigenvalue weighted by Crippen LogP contribution is 2.45. The van der Waals surface area contributed by atoms with Crippen molar-refractivity contribution in [3.63, 3.8) is 0 Å². The molecule has 2 N–H and O–H groups in total. The molecule has 2 saturated carbocycles. The highest BCUT2D eigenvalue weighted by Gasteiger charge is 2.43. The predicted octanol–water partition coefficient (Wildman–Crippen LogP) is 5.18. The summed E-state index contributed by atoms with van der Waals surface area (Å²) >= 11 is 0. The third-order valence-electron chi connectivity index (χ3n) is 8.20. The molecule has 6 rings (SSSR count). The average molecular weight is 518 g/mol. The molecule has 3 heterocycles. The minimum absolute atomic E-state index is 0.190. The summed E-state index contributed by atoms with van der Waals surface area (Å²) in [7, 11) is 0. The lowest BCUT2D eigenvalue weighted by molar-refractivity contribution is 0.0940.